The number of rotatable bonds is 2. The molecule has 5 nitrogen and oxygen atoms in total. The summed E-state index contributed by atoms with van der Waals surface area (Å²) < 4.78 is 46.7. The summed E-state index contributed by atoms with van der Waals surface area (Å²) in [5.41, 5.74) is 0.251. The molecule has 1 aliphatic rings. The fourth-order valence-electron chi connectivity index (χ4n) is 2.37. The van der Waals surface area contributed by atoms with Crippen molar-refractivity contribution in [1.82, 2.24) is 4.90 Å². The Morgan fingerprint density at radius 1 is 1.12 bits per heavy atom. The highest BCUT2D eigenvalue weighted by Crippen LogP contribution is 2.31. The molecule has 140 valence electrons. The van der Waals surface area contributed by atoms with E-state index >= 15 is 0 Å². The van der Waals surface area contributed by atoms with Gasteiger partial charge in [-0.2, -0.15) is 0 Å². The number of benzene rings is 1. The second kappa shape index (κ2) is 7.46. The Labute approximate surface area is 158 Å². The summed E-state index contributed by atoms with van der Waals surface area (Å²) in [6, 6.07) is 4.54. The van der Waals surface area contributed by atoms with Crippen LogP contribution in [-0.4, -0.2) is 49.1 Å². The van der Waals surface area contributed by atoms with E-state index in [4.69, 9.17) is 4.74 Å². The monoisotopic (exact) mass is 472 g/mol. The van der Waals surface area contributed by atoms with Gasteiger partial charge >= 0.3 is 12.5 Å². The van der Waals surface area contributed by atoms with E-state index in [1.165, 1.54) is 6.07 Å². The maximum atomic E-state index is 12.3. The molecule has 2 rings (SSSR count). The zero-order valence-electron chi connectivity index (χ0n) is 14.2. The lowest BCUT2D eigenvalue weighted by atomic mass is 10.2. The maximum Gasteiger partial charge on any atom is 0.573 e. The molecular formula is C16H20F3IN2O3. The van der Waals surface area contributed by atoms with Gasteiger partial charge in [0, 0.05) is 31.9 Å². The van der Waals surface area contributed by atoms with Crippen LogP contribution in [0.5, 0.6) is 5.75 Å². The maximum absolute atomic E-state index is 12.3. The zero-order chi connectivity index (χ0) is 18.8. The minimum Gasteiger partial charge on any atom is -0.444 e. The van der Waals surface area contributed by atoms with Gasteiger partial charge in [0.1, 0.15) is 11.4 Å². The molecule has 0 bridgehead atoms. The van der Waals surface area contributed by atoms with Crippen molar-refractivity contribution in [3.05, 3.63) is 21.8 Å². The molecule has 1 fully saturated rings. The lowest BCUT2D eigenvalue weighted by molar-refractivity contribution is -0.274. The molecule has 0 N–H and O–H groups in total. The van der Waals surface area contributed by atoms with Crippen molar-refractivity contribution in [2.75, 3.05) is 31.1 Å². The van der Waals surface area contributed by atoms with Crippen LogP contribution in [0.1, 0.15) is 20.8 Å². The van der Waals surface area contributed by atoms with Gasteiger partial charge in [0.25, 0.3) is 0 Å². The summed E-state index contributed by atoms with van der Waals surface area (Å²) in [6.07, 6.45) is -5.06. The van der Waals surface area contributed by atoms with Crippen LogP contribution in [0.3, 0.4) is 0 Å². The van der Waals surface area contributed by atoms with Crippen molar-refractivity contribution < 1.29 is 27.4 Å². The van der Waals surface area contributed by atoms with Crippen LogP contribution in [0.15, 0.2) is 18.2 Å². The molecule has 0 atom stereocenters. The molecule has 0 aromatic heterocycles. The molecule has 1 amide bonds. The van der Waals surface area contributed by atoms with Crippen LogP contribution in [0, 0.1) is 3.57 Å². The SMILES string of the molecule is CC(C)(C)OC(=O)N1CCN(c2ccc(OC(F)(F)F)c(I)c2)CC1. The summed E-state index contributed by atoms with van der Waals surface area (Å²) in [4.78, 5) is 15.7. The predicted octanol–water partition coefficient (Wildman–Crippen LogP) is 4.25. The number of hydrogen-bond acceptors (Lipinski definition) is 4. The Morgan fingerprint density at radius 2 is 1.72 bits per heavy atom. The van der Waals surface area contributed by atoms with Crippen molar-refractivity contribution in [1.29, 1.82) is 0 Å². The highest BCUT2D eigenvalue weighted by molar-refractivity contribution is 14.1. The second-order valence-electron chi connectivity index (χ2n) is 6.62. The first kappa shape index (κ1) is 19.9. The number of nitrogens with zero attached hydrogens (tertiary/aromatic N) is 2. The molecule has 0 aliphatic carbocycles. The first-order chi connectivity index (χ1) is 11.4. The van der Waals surface area contributed by atoms with E-state index in [1.807, 2.05) is 48.3 Å². The minimum atomic E-state index is -4.71. The predicted molar refractivity (Wildman–Crippen MR) is 95.9 cm³/mol. The van der Waals surface area contributed by atoms with Gasteiger partial charge in [-0.25, -0.2) is 4.79 Å². The third-order valence-electron chi connectivity index (χ3n) is 3.44. The van der Waals surface area contributed by atoms with Crippen molar-refractivity contribution >= 4 is 34.4 Å². The number of ether oxygens (including phenoxy) is 2. The van der Waals surface area contributed by atoms with E-state index in [0.29, 0.717) is 29.7 Å². The van der Waals surface area contributed by atoms with Gasteiger partial charge < -0.3 is 19.3 Å². The van der Waals surface area contributed by atoms with E-state index in [9.17, 15) is 18.0 Å². The van der Waals surface area contributed by atoms with E-state index < -0.39 is 12.0 Å². The topological polar surface area (TPSA) is 42.0 Å². The number of amides is 1. The number of halogens is 4. The number of hydrogen-bond donors (Lipinski definition) is 0. The van der Waals surface area contributed by atoms with Gasteiger partial charge in [-0.15, -0.1) is 13.2 Å². The van der Waals surface area contributed by atoms with Gasteiger partial charge in [0.15, 0.2) is 0 Å². The molecule has 0 radical (unpaired) electrons. The average molecular weight is 472 g/mol. The van der Waals surface area contributed by atoms with Crippen molar-refractivity contribution in [2.45, 2.75) is 32.7 Å². The summed E-state index contributed by atoms with van der Waals surface area (Å²) in [5, 5.41) is 0. The summed E-state index contributed by atoms with van der Waals surface area (Å²) in [7, 11) is 0. The molecule has 0 spiro atoms. The lowest BCUT2D eigenvalue weighted by Gasteiger charge is -2.36. The highest BCUT2D eigenvalue weighted by Gasteiger charge is 2.32. The molecule has 25 heavy (non-hydrogen) atoms. The molecule has 1 aromatic rings. The highest BCUT2D eigenvalue weighted by atomic mass is 127. The van der Waals surface area contributed by atoms with E-state index in [0.717, 1.165) is 5.69 Å². The van der Waals surface area contributed by atoms with Gasteiger partial charge in [-0.1, -0.05) is 0 Å². The van der Waals surface area contributed by atoms with Crippen molar-refractivity contribution in [3.63, 3.8) is 0 Å². The molecule has 0 unspecified atom stereocenters. The number of piperazine rings is 1. The van der Waals surface area contributed by atoms with E-state index in [-0.39, 0.29) is 11.8 Å². The van der Waals surface area contributed by atoms with Gasteiger partial charge in [-0.3, -0.25) is 0 Å². The zero-order valence-corrected chi connectivity index (χ0v) is 16.3. The van der Waals surface area contributed by atoms with Crippen LogP contribution < -0.4 is 9.64 Å². The third kappa shape index (κ3) is 6.12. The van der Waals surface area contributed by atoms with E-state index in [1.54, 1.807) is 17.0 Å². The van der Waals surface area contributed by atoms with Crippen molar-refractivity contribution in [2.24, 2.45) is 0 Å². The number of alkyl halides is 3. The molecule has 1 aromatic carbocycles. The average Bonchev–Trinajstić information content (AvgIpc) is 2.46. The van der Waals surface area contributed by atoms with E-state index in [2.05, 4.69) is 4.74 Å². The van der Waals surface area contributed by atoms with Crippen LogP contribution in [0.2, 0.25) is 0 Å². The molecule has 0 saturated carbocycles. The summed E-state index contributed by atoms with van der Waals surface area (Å²) in [5.74, 6) is -0.218. The normalized spacial score (nSPS) is 16.0. The van der Waals surface area contributed by atoms with Gasteiger partial charge in [0.05, 0.1) is 3.57 Å². The standard InChI is InChI=1S/C16H20F3IN2O3/c1-15(2,3)25-14(23)22-8-6-21(7-9-22)11-4-5-13(12(20)10-11)24-16(17,18)19/h4-5,10H,6-9H2,1-3H3. The molecule has 1 heterocycles. The van der Waals surface area contributed by atoms with Gasteiger partial charge in [0.2, 0.25) is 0 Å². The van der Waals surface area contributed by atoms with Crippen molar-refractivity contribution in [3.8, 4) is 5.75 Å². The quantitative estimate of drug-likeness (QED) is 0.604. The number of carbonyl (C=O) groups excluding carboxylic acids is 1. The smallest absolute Gasteiger partial charge is 0.444 e. The Balaban J connectivity index is 1.97. The Kier molecular flexibility index (Phi) is 5.95. The van der Waals surface area contributed by atoms with Crippen LogP contribution in [-0.2, 0) is 4.74 Å². The number of carbonyl (C=O) groups is 1. The molecule has 1 aliphatic heterocycles. The van der Waals surface area contributed by atoms with Gasteiger partial charge in [-0.05, 0) is 61.6 Å². The van der Waals surface area contributed by atoms with Crippen LogP contribution in [0.25, 0.3) is 0 Å². The second-order valence-corrected chi connectivity index (χ2v) is 7.78. The summed E-state index contributed by atoms with van der Waals surface area (Å²) >= 11 is 1.82. The third-order valence-corrected chi connectivity index (χ3v) is 4.28. The first-order valence-electron chi connectivity index (χ1n) is 7.73. The largest absolute Gasteiger partial charge is 0.573 e. The Hall–Kier alpha value is -1.39. The van der Waals surface area contributed by atoms with Crippen LogP contribution in [0.4, 0.5) is 23.7 Å². The Bertz CT molecular complexity index is 624. The molecule has 1 saturated heterocycles. The minimum absolute atomic E-state index is 0.218. The first-order valence-corrected chi connectivity index (χ1v) is 8.81. The number of anilines is 1. The summed E-state index contributed by atoms with van der Waals surface area (Å²) in [6.45, 7) is 7.58. The molecule has 9 heteroatoms. The molecular weight excluding hydrogens is 452 g/mol. The fraction of sp³-hybridized carbons (Fsp3) is 0.562. The Morgan fingerprint density at radius 3 is 2.20 bits per heavy atom. The van der Waals surface area contributed by atoms with Crippen LogP contribution >= 0.6 is 22.6 Å². The fourth-order valence-corrected chi connectivity index (χ4v) is 2.98. The lowest BCUT2D eigenvalue weighted by Crippen LogP contribution is -2.50.